The molecule has 0 bridgehead atoms. The van der Waals surface area contributed by atoms with Crippen molar-refractivity contribution in [1.29, 1.82) is 0 Å². The molecule has 0 unspecified atom stereocenters. The van der Waals surface area contributed by atoms with E-state index in [2.05, 4.69) is 27.3 Å². The molecule has 2 aromatic heterocycles. The van der Waals surface area contributed by atoms with Crippen LogP contribution in [0.25, 0.3) is 0 Å². The molecular weight excluding hydrogens is 272 g/mol. The van der Waals surface area contributed by atoms with E-state index < -0.39 is 0 Å². The van der Waals surface area contributed by atoms with Crippen LogP contribution in [-0.4, -0.2) is 17.6 Å². The van der Waals surface area contributed by atoms with Gasteiger partial charge in [0.05, 0.1) is 6.20 Å². The van der Waals surface area contributed by atoms with E-state index in [4.69, 9.17) is 4.52 Å². The third kappa shape index (κ3) is 2.38. The maximum Gasteiger partial charge on any atom is 0.256 e. The van der Waals surface area contributed by atoms with Crippen LogP contribution in [0, 0.1) is 6.92 Å². The number of aryl methyl sites for hydroxylation is 1. The van der Waals surface area contributed by atoms with Crippen LogP contribution in [0.15, 0.2) is 27.5 Å². The van der Waals surface area contributed by atoms with Crippen LogP contribution < -0.4 is 5.32 Å². The van der Waals surface area contributed by atoms with E-state index in [1.165, 1.54) is 24.6 Å². The van der Waals surface area contributed by atoms with E-state index in [0.29, 0.717) is 17.9 Å². The molecule has 2 heterocycles. The predicted molar refractivity (Wildman–Crippen MR) is 78.0 cm³/mol. The second-order valence-corrected chi connectivity index (χ2v) is 6.26. The Kier molecular flexibility index (Phi) is 3.61. The molecule has 4 nitrogen and oxygen atoms in total. The maximum atomic E-state index is 12.2. The standard InChI is InChI=1S/C15H18N2O2S/c1-11-13(8-17-19-11)14(18)16-10-15(5-2-3-6-15)12-4-7-20-9-12/h4,7-9H,2-3,5-6,10H2,1H3,(H,16,18). The smallest absolute Gasteiger partial charge is 0.256 e. The number of amides is 1. The van der Waals surface area contributed by atoms with Crippen molar-refractivity contribution in [3.05, 3.63) is 39.9 Å². The summed E-state index contributed by atoms with van der Waals surface area (Å²) in [7, 11) is 0. The predicted octanol–water partition coefficient (Wildman–Crippen LogP) is 3.29. The van der Waals surface area contributed by atoms with Gasteiger partial charge in [0.2, 0.25) is 0 Å². The number of nitrogens with one attached hydrogen (secondary N) is 1. The Balaban J connectivity index is 1.73. The SMILES string of the molecule is Cc1oncc1C(=O)NCC1(c2ccsc2)CCCC1. The maximum absolute atomic E-state index is 12.2. The zero-order chi connectivity index (χ0) is 14.0. The summed E-state index contributed by atoms with van der Waals surface area (Å²) in [5.74, 6) is 0.476. The van der Waals surface area contributed by atoms with Gasteiger partial charge in [-0.15, -0.1) is 0 Å². The van der Waals surface area contributed by atoms with Crippen molar-refractivity contribution in [2.24, 2.45) is 0 Å². The first-order valence-electron chi connectivity index (χ1n) is 6.93. The van der Waals surface area contributed by atoms with Gasteiger partial charge in [-0.25, -0.2) is 0 Å². The zero-order valence-corrected chi connectivity index (χ0v) is 12.3. The van der Waals surface area contributed by atoms with Gasteiger partial charge in [0.1, 0.15) is 11.3 Å². The van der Waals surface area contributed by atoms with Crippen molar-refractivity contribution in [2.45, 2.75) is 38.0 Å². The Morgan fingerprint density at radius 3 is 2.90 bits per heavy atom. The molecule has 1 saturated carbocycles. The molecule has 0 spiro atoms. The highest BCUT2D eigenvalue weighted by Gasteiger charge is 2.36. The largest absolute Gasteiger partial charge is 0.361 e. The van der Waals surface area contributed by atoms with Gasteiger partial charge in [0.15, 0.2) is 0 Å². The summed E-state index contributed by atoms with van der Waals surface area (Å²) in [6.07, 6.45) is 6.24. The summed E-state index contributed by atoms with van der Waals surface area (Å²) < 4.78 is 4.95. The Bertz CT molecular complexity index is 583. The first-order valence-corrected chi connectivity index (χ1v) is 7.88. The van der Waals surface area contributed by atoms with Gasteiger partial charge in [-0.3, -0.25) is 4.79 Å². The van der Waals surface area contributed by atoms with Crippen molar-refractivity contribution in [1.82, 2.24) is 10.5 Å². The number of hydrogen-bond donors (Lipinski definition) is 1. The third-order valence-electron chi connectivity index (χ3n) is 4.28. The average molecular weight is 290 g/mol. The first kappa shape index (κ1) is 13.4. The lowest BCUT2D eigenvalue weighted by atomic mass is 9.80. The summed E-state index contributed by atoms with van der Waals surface area (Å²) >= 11 is 1.72. The molecule has 1 fully saturated rings. The van der Waals surface area contributed by atoms with Gasteiger partial charge in [0, 0.05) is 12.0 Å². The summed E-state index contributed by atoms with van der Waals surface area (Å²) in [4.78, 5) is 12.2. The molecule has 0 radical (unpaired) electrons. The first-order chi connectivity index (χ1) is 9.71. The molecule has 0 aromatic carbocycles. The molecule has 106 valence electrons. The Morgan fingerprint density at radius 1 is 1.50 bits per heavy atom. The topological polar surface area (TPSA) is 55.1 Å². The van der Waals surface area contributed by atoms with Crippen molar-refractivity contribution in [2.75, 3.05) is 6.54 Å². The summed E-state index contributed by atoms with van der Waals surface area (Å²) in [5, 5.41) is 11.0. The minimum absolute atomic E-state index is 0.0924. The van der Waals surface area contributed by atoms with Gasteiger partial charge >= 0.3 is 0 Å². The van der Waals surface area contributed by atoms with Crippen molar-refractivity contribution in [3.8, 4) is 0 Å². The lowest BCUT2D eigenvalue weighted by molar-refractivity contribution is 0.0941. The van der Waals surface area contributed by atoms with Crippen LogP contribution in [-0.2, 0) is 5.41 Å². The lowest BCUT2D eigenvalue weighted by Crippen LogP contribution is -2.38. The third-order valence-corrected chi connectivity index (χ3v) is 4.96. The lowest BCUT2D eigenvalue weighted by Gasteiger charge is -2.28. The highest BCUT2D eigenvalue weighted by Crippen LogP contribution is 2.41. The normalized spacial score (nSPS) is 17.2. The second-order valence-electron chi connectivity index (χ2n) is 5.48. The van der Waals surface area contributed by atoms with Crippen LogP contribution in [0.2, 0.25) is 0 Å². The molecule has 0 saturated heterocycles. The highest BCUT2D eigenvalue weighted by molar-refractivity contribution is 7.08. The molecule has 0 atom stereocenters. The molecule has 1 aliphatic rings. The quantitative estimate of drug-likeness (QED) is 0.940. The van der Waals surface area contributed by atoms with Gasteiger partial charge in [-0.2, -0.15) is 11.3 Å². The van der Waals surface area contributed by atoms with Crippen LogP contribution in [0.1, 0.15) is 47.4 Å². The van der Waals surface area contributed by atoms with Crippen molar-refractivity contribution >= 4 is 17.2 Å². The van der Waals surface area contributed by atoms with Crippen molar-refractivity contribution < 1.29 is 9.32 Å². The number of carbonyl (C=O) groups is 1. The molecule has 0 aliphatic heterocycles. The Labute approximate surface area is 122 Å². The fraction of sp³-hybridized carbons (Fsp3) is 0.467. The Morgan fingerprint density at radius 2 is 2.30 bits per heavy atom. The monoisotopic (exact) mass is 290 g/mol. The summed E-state index contributed by atoms with van der Waals surface area (Å²) in [6.45, 7) is 2.44. The van der Waals surface area contributed by atoms with E-state index in [-0.39, 0.29) is 11.3 Å². The number of aromatic nitrogens is 1. The van der Waals surface area contributed by atoms with Crippen LogP contribution >= 0.6 is 11.3 Å². The van der Waals surface area contributed by atoms with Gasteiger partial charge in [-0.1, -0.05) is 18.0 Å². The van der Waals surface area contributed by atoms with Crippen LogP contribution in [0.5, 0.6) is 0 Å². The molecule has 3 rings (SSSR count). The molecule has 20 heavy (non-hydrogen) atoms. The summed E-state index contributed by atoms with van der Waals surface area (Å²) in [6, 6.07) is 2.19. The summed E-state index contributed by atoms with van der Waals surface area (Å²) in [5.41, 5.74) is 2.01. The number of thiophene rings is 1. The van der Waals surface area contributed by atoms with Gasteiger partial charge in [-0.05, 0) is 42.2 Å². The minimum Gasteiger partial charge on any atom is -0.361 e. The molecule has 5 heteroatoms. The number of hydrogen-bond acceptors (Lipinski definition) is 4. The fourth-order valence-electron chi connectivity index (χ4n) is 3.05. The average Bonchev–Trinajstić information content (AvgIpc) is 3.17. The number of nitrogens with zero attached hydrogens (tertiary/aromatic N) is 1. The molecule has 1 aliphatic carbocycles. The van der Waals surface area contributed by atoms with Gasteiger partial charge in [0.25, 0.3) is 5.91 Å². The molecular formula is C15H18N2O2S. The van der Waals surface area contributed by atoms with Gasteiger partial charge < -0.3 is 9.84 Å². The number of rotatable bonds is 4. The van der Waals surface area contributed by atoms with Crippen LogP contribution in [0.3, 0.4) is 0 Å². The zero-order valence-electron chi connectivity index (χ0n) is 11.5. The second kappa shape index (κ2) is 5.40. The van der Waals surface area contributed by atoms with E-state index in [0.717, 1.165) is 12.8 Å². The highest BCUT2D eigenvalue weighted by atomic mass is 32.1. The molecule has 1 N–H and O–H groups in total. The van der Waals surface area contributed by atoms with E-state index in [1.54, 1.807) is 18.3 Å². The Hall–Kier alpha value is -1.62. The minimum atomic E-state index is -0.0924. The fourth-order valence-corrected chi connectivity index (χ4v) is 3.83. The van der Waals surface area contributed by atoms with Crippen LogP contribution in [0.4, 0.5) is 0 Å². The van der Waals surface area contributed by atoms with E-state index >= 15 is 0 Å². The van der Waals surface area contributed by atoms with Crippen molar-refractivity contribution in [3.63, 3.8) is 0 Å². The van der Waals surface area contributed by atoms with E-state index in [1.807, 2.05) is 0 Å². The van der Waals surface area contributed by atoms with E-state index in [9.17, 15) is 4.79 Å². The number of carbonyl (C=O) groups excluding carboxylic acids is 1. The molecule has 1 amide bonds. The molecule has 2 aromatic rings.